The molecule has 0 saturated heterocycles. The molecule has 0 aromatic heterocycles. The van der Waals surface area contributed by atoms with Crippen LogP contribution in [0.4, 0.5) is 0 Å². The zero-order valence-electron chi connectivity index (χ0n) is 10.3. The first-order valence-electron chi connectivity index (χ1n) is 5.66. The maximum Gasteiger partial charge on any atom is 0.250 e. The van der Waals surface area contributed by atoms with Gasteiger partial charge in [0.05, 0.1) is 5.76 Å². The molecule has 0 aliphatic heterocycles. The second-order valence-electron chi connectivity index (χ2n) is 3.54. The molecule has 0 aliphatic rings. The van der Waals surface area contributed by atoms with Gasteiger partial charge in [-0.2, -0.15) is 0 Å². The molecular formula is C12H24OSi. The van der Waals surface area contributed by atoms with Crippen LogP contribution in [0.15, 0.2) is 24.0 Å². The van der Waals surface area contributed by atoms with Gasteiger partial charge in [-0.05, 0) is 44.1 Å². The van der Waals surface area contributed by atoms with Crippen molar-refractivity contribution in [3.8, 4) is 0 Å². The van der Waals surface area contributed by atoms with Crippen molar-refractivity contribution in [2.75, 3.05) is 0 Å². The standard InChI is InChI=1S/C12H24OSi/c1-6-11-12(7-2)13-14(8-3,9-4)10-5/h6-7,11H,8-10H2,1-5H3. The molecule has 0 aromatic rings. The zero-order chi connectivity index (χ0) is 11.0. The molecule has 2 heteroatoms. The summed E-state index contributed by atoms with van der Waals surface area (Å²) in [6.45, 7) is 10.8. The lowest BCUT2D eigenvalue weighted by molar-refractivity contribution is 0.421. The maximum atomic E-state index is 6.19. The summed E-state index contributed by atoms with van der Waals surface area (Å²) in [7, 11) is -1.46. The fourth-order valence-corrected chi connectivity index (χ4v) is 4.19. The molecule has 0 spiro atoms. The Bertz CT molecular complexity index is 194. The third kappa shape index (κ3) is 3.70. The van der Waals surface area contributed by atoms with E-state index < -0.39 is 8.32 Å². The molecule has 14 heavy (non-hydrogen) atoms. The topological polar surface area (TPSA) is 9.23 Å². The summed E-state index contributed by atoms with van der Waals surface area (Å²) >= 11 is 0. The lowest BCUT2D eigenvalue weighted by Crippen LogP contribution is -2.35. The lowest BCUT2D eigenvalue weighted by Gasteiger charge is -2.29. The van der Waals surface area contributed by atoms with Crippen LogP contribution in [-0.2, 0) is 4.43 Å². The fraction of sp³-hybridized carbons (Fsp3) is 0.667. The van der Waals surface area contributed by atoms with Gasteiger partial charge in [0.2, 0.25) is 8.32 Å². The smallest absolute Gasteiger partial charge is 0.250 e. The predicted octanol–water partition coefficient (Wildman–Crippen LogP) is 4.49. The Balaban J connectivity index is 4.57. The van der Waals surface area contributed by atoms with Gasteiger partial charge < -0.3 is 4.43 Å². The van der Waals surface area contributed by atoms with Crippen LogP contribution in [0, 0.1) is 0 Å². The van der Waals surface area contributed by atoms with E-state index in [1.807, 2.05) is 19.9 Å². The minimum Gasteiger partial charge on any atom is -0.544 e. The largest absolute Gasteiger partial charge is 0.544 e. The molecule has 0 heterocycles. The summed E-state index contributed by atoms with van der Waals surface area (Å²) in [6.07, 6.45) is 6.15. The second kappa shape index (κ2) is 6.88. The maximum absolute atomic E-state index is 6.19. The molecule has 0 aliphatic carbocycles. The van der Waals surface area contributed by atoms with E-state index in [-0.39, 0.29) is 0 Å². The number of hydrogen-bond acceptors (Lipinski definition) is 1. The van der Waals surface area contributed by atoms with E-state index in [2.05, 4.69) is 32.9 Å². The highest BCUT2D eigenvalue weighted by Crippen LogP contribution is 2.24. The first-order valence-corrected chi connectivity index (χ1v) is 8.19. The van der Waals surface area contributed by atoms with Crippen LogP contribution in [0.1, 0.15) is 34.6 Å². The molecule has 0 radical (unpaired) electrons. The van der Waals surface area contributed by atoms with E-state index >= 15 is 0 Å². The molecule has 1 nitrogen and oxygen atoms in total. The Morgan fingerprint density at radius 2 is 1.57 bits per heavy atom. The van der Waals surface area contributed by atoms with Gasteiger partial charge in [-0.3, -0.25) is 0 Å². The molecular weight excluding hydrogens is 188 g/mol. The molecule has 0 saturated carbocycles. The summed E-state index contributed by atoms with van der Waals surface area (Å²) in [5.41, 5.74) is 0. The van der Waals surface area contributed by atoms with Gasteiger partial charge in [0.25, 0.3) is 0 Å². The summed E-state index contributed by atoms with van der Waals surface area (Å²) in [4.78, 5) is 0. The first kappa shape index (κ1) is 13.5. The van der Waals surface area contributed by atoms with Crippen LogP contribution in [0.25, 0.3) is 0 Å². The van der Waals surface area contributed by atoms with Gasteiger partial charge in [-0.1, -0.05) is 26.8 Å². The van der Waals surface area contributed by atoms with Crippen LogP contribution < -0.4 is 0 Å². The summed E-state index contributed by atoms with van der Waals surface area (Å²) < 4.78 is 6.19. The van der Waals surface area contributed by atoms with Crippen LogP contribution >= 0.6 is 0 Å². The summed E-state index contributed by atoms with van der Waals surface area (Å²) in [6, 6.07) is 3.61. The van der Waals surface area contributed by atoms with Crippen molar-refractivity contribution >= 4 is 8.32 Å². The average molecular weight is 212 g/mol. The van der Waals surface area contributed by atoms with Crippen molar-refractivity contribution in [2.45, 2.75) is 52.8 Å². The lowest BCUT2D eigenvalue weighted by atomic mass is 10.4. The van der Waals surface area contributed by atoms with E-state index in [1.165, 1.54) is 18.1 Å². The van der Waals surface area contributed by atoms with Gasteiger partial charge in [0.1, 0.15) is 0 Å². The molecule has 0 atom stereocenters. The molecule has 0 bridgehead atoms. The van der Waals surface area contributed by atoms with Gasteiger partial charge in [0.15, 0.2) is 0 Å². The van der Waals surface area contributed by atoms with Crippen molar-refractivity contribution in [3.05, 3.63) is 24.0 Å². The molecule has 82 valence electrons. The van der Waals surface area contributed by atoms with E-state index in [1.54, 1.807) is 0 Å². The predicted molar refractivity (Wildman–Crippen MR) is 66.9 cm³/mol. The number of rotatable bonds is 6. The SMILES string of the molecule is CC=CC(=CC)O[Si](CC)(CC)CC. The molecule has 0 unspecified atom stereocenters. The summed E-state index contributed by atoms with van der Waals surface area (Å²) in [5.74, 6) is 1.05. The van der Waals surface area contributed by atoms with E-state index in [0.29, 0.717) is 0 Å². The minimum atomic E-state index is -1.46. The Hall–Kier alpha value is -0.503. The fourth-order valence-electron chi connectivity index (χ4n) is 1.57. The second-order valence-corrected chi connectivity index (χ2v) is 8.23. The zero-order valence-corrected chi connectivity index (χ0v) is 11.3. The van der Waals surface area contributed by atoms with Crippen LogP contribution in [-0.4, -0.2) is 8.32 Å². The van der Waals surface area contributed by atoms with Gasteiger partial charge in [-0.25, -0.2) is 0 Å². The highest BCUT2D eigenvalue weighted by Gasteiger charge is 2.30. The summed E-state index contributed by atoms with van der Waals surface area (Å²) in [5, 5.41) is 0. The minimum absolute atomic E-state index is 1.05. The molecule has 0 N–H and O–H groups in total. The first-order chi connectivity index (χ1) is 6.67. The van der Waals surface area contributed by atoms with E-state index in [9.17, 15) is 0 Å². The van der Waals surface area contributed by atoms with Crippen molar-refractivity contribution in [1.29, 1.82) is 0 Å². The van der Waals surface area contributed by atoms with Gasteiger partial charge in [-0.15, -0.1) is 0 Å². The van der Waals surface area contributed by atoms with Crippen molar-refractivity contribution in [3.63, 3.8) is 0 Å². The molecule has 0 amide bonds. The number of allylic oxidation sites excluding steroid dienone is 3. The average Bonchev–Trinajstić information content (AvgIpc) is 2.25. The Morgan fingerprint density at radius 1 is 1.07 bits per heavy atom. The highest BCUT2D eigenvalue weighted by molar-refractivity contribution is 6.73. The van der Waals surface area contributed by atoms with Crippen LogP contribution in [0.3, 0.4) is 0 Å². The molecule has 0 fully saturated rings. The molecule has 0 aromatic carbocycles. The van der Waals surface area contributed by atoms with Crippen molar-refractivity contribution < 1.29 is 4.43 Å². The van der Waals surface area contributed by atoms with Crippen LogP contribution in [0.5, 0.6) is 0 Å². The van der Waals surface area contributed by atoms with Crippen molar-refractivity contribution in [2.24, 2.45) is 0 Å². The van der Waals surface area contributed by atoms with Gasteiger partial charge >= 0.3 is 0 Å². The Kier molecular flexibility index (Phi) is 6.63. The van der Waals surface area contributed by atoms with Gasteiger partial charge in [0, 0.05) is 0 Å². The Morgan fingerprint density at radius 3 is 1.86 bits per heavy atom. The third-order valence-electron chi connectivity index (χ3n) is 2.88. The monoisotopic (exact) mass is 212 g/mol. The Labute approximate surface area is 90.0 Å². The van der Waals surface area contributed by atoms with Crippen molar-refractivity contribution in [1.82, 2.24) is 0 Å². The third-order valence-corrected chi connectivity index (χ3v) is 7.42. The quantitative estimate of drug-likeness (QED) is 0.358. The normalized spacial score (nSPS) is 13.6. The van der Waals surface area contributed by atoms with E-state index in [0.717, 1.165) is 5.76 Å². The molecule has 0 rings (SSSR count). The number of hydrogen-bond donors (Lipinski definition) is 0. The van der Waals surface area contributed by atoms with E-state index in [4.69, 9.17) is 4.43 Å². The van der Waals surface area contributed by atoms with Crippen LogP contribution in [0.2, 0.25) is 18.1 Å². The highest BCUT2D eigenvalue weighted by atomic mass is 28.4.